The number of benzene rings is 2. The number of quaternary nitrogens is 1. The molecule has 0 heterocycles. The van der Waals surface area contributed by atoms with Crippen LogP contribution in [0, 0.1) is 0 Å². The van der Waals surface area contributed by atoms with Crippen LogP contribution in [-0.2, 0) is 27.9 Å². The molecule has 6 nitrogen and oxygen atoms in total. The molecule has 2 aromatic rings. The van der Waals surface area contributed by atoms with Crippen LogP contribution in [0.3, 0.4) is 0 Å². The van der Waals surface area contributed by atoms with Gasteiger partial charge in [0.05, 0.1) is 4.90 Å². The molecule has 0 fully saturated rings. The minimum absolute atomic E-state index is 0.0463. The van der Waals surface area contributed by atoms with Gasteiger partial charge in [0.15, 0.2) is 6.04 Å². The molecule has 2 aromatic carbocycles. The molecule has 0 aliphatic rings. The number of nitrogens with two attached hydrogens (primary N) is 2. The van der Waals surface area contributed by atoms with Crippen LogP contribution in [0.1, 0.15) is 18.1 Å². The predicted octanol–water partition coefficient (Wildman–Crippen LogP) is 0.445. The van der Waals surface area contributed by atoms with E-state index in [0.29, 0.717) is 13.1 Å². The number of carbonyl (C=O) groups is 1. The Morgan fingerprint density at radius 2 is 1.68 bits per heavy atom. The lowest BCUT2D eigenvalue weighted by atomic mass is 10.2. The van der Waals surface area contributed by atoms with E-state index in [2.05, 4.69) is 0 Å². The van der Waals surface area contributed by atoms with Gasteiger partial charge in [-0.05, 0) is 24.6 Å². The predicted molar refractivity (Wildman–Crippen MR) is 95.8 cm³/mol. The first-order chi connectivity index (χ1) is 11.8. The fourth-order valence-electron chi connectivity index (χ4n) is 2.51. The summed E-state index contributed by atoms with van der Waals surface area (Å²) in [7, 11) is -1.88. The SMILES string of the molecule is C[C@H]([NH2+]Cc1ccc(S(N)(=O)=O)cc1)C(=O)N(C)Cc1ccccc1. The summed E-state index contributed by atoms with van der Waals surface area (Å²) >= 11 is 0. The van der Waals surface area contributed by atoms with E-state index in [1.165, 1.54) is 12.1 Å². The molecule has 4 N–H and O–H groups in total. The molecule has 0 spiro atoms. The second-order valence-electron chi connectivity index (χ2n) is 6.10. The van der Waals surface area contributed by atoms with Gasteiger partial charge >= 0.3 is 0 Å². The van der Waals surface area contributed by atoms with Crippen LogP contribution < -0.4 is 10.5 Å². The molecule has 134 valence electrons. The van der Waals surface area contributed by atoms with E-state index in [1.54, 1.807) is 24.1 Å². The van der Waals surface area contributed by atoms with Crippen LogP contribution in [0.25, 0.3) is 0 Å². The quantitative estimate of drug-likeness (QED) is 0.748. The minimum Gasteiger partial charge on any atom is -0.336 e. The van der Waals surface area contributed by atoms with Crippen molar-refractivity contribution in [2.75, 3.05) is 7.05 Å². The zero-order chi connectivity index (χ0) is 18.4. The summed E-state index contributed by atoms with van der Waals surface area (Å²) in [5.74, 6) is 0.0463. The van der Waals surface area contributed by atoms with Crippen LogP contribution in [0.4, 0.5) is 0 Å². The van der Waals surface area contributed by atoms with Gasteiger partial charge in [-0.15, -0.1) is 0 Å². The van der Waals surface area contributed by atoms with Crippen LogP contribution in [0.2, 0.25) is 0 Å². The lowest BCUT2D eigenvalue weighted by Gasteiger charge is -2.20. The van der Waals surface area contributed by atoms with Crippen LogP contribution in [0.5, 0.6) is 0 Å². The Kier molecular flexibility index (Phi) is 6.30. The Morgan fingerprint density at radius 3 is 2.24 bits per heavy atom. The number of rotatable bonds is 7. The Hall–Kier alpha value is -2.22. The molecule has 0 saturated heterocycles. The van der Waals surface area contributed by atoms with Crippen molar-refractivity contribution in [1.29, 1.82) is 0 Å². The van der Waals surface area contributed by atoms with Gasteiger partial charge in [-0.25, -0.2) is 13.6 Å². The Morgan fingerprint density at radius 1 is 1.08 bits per heavy atom. The lowest BCUT2D eigenvalue weighted by molar-refractivity contribution is -0.689. The van der Waals surface area contributed by atoms with Gasteiger partial charge in [0, 0.05) is 19.2 Å². The highest BCUT2D eigenvalue weighted by atomic mass is 32.2. The molecular weight excluding hydrogens is 338 g/mol. The van der Waals surface area contributed by atoms with Crippen molar-refractivity contribution in [3.8, 4) is 0 Å². The molecule has 0 aliphatic carbocycles. The zero-order valence-corrected chi connectivity index (χ0v) is 15.2. The summed E-state index contributed by atoms with van der Waals surface area (Å²) in [6, 6.07) is 16.0. The molecule has 7 heteroatoms. The number of nitrogens with zero attached hydrogens (tertiary/aromatic N) is 1. The Balaban J connectivity index is 1.88. The topological polar surface area (TPSA) is 97.1 Å². The number of sulfonamides is 1. The minimum atomic E-state index is -3.68. The number of hydrogen-bond acceptors (Lipinski definition) is 3. The molecule has 0 radical (unpaired) electrons. The molecule has 1 atom stereocenters. The number of likely N-dealkylation sites (N-methyl/N-ethyl adjacent to an activating group) is 1. The molecule has 0 unspecified atom stereocenters. The van der Waals surface area contributed by atoms with Gasteiger partial charge in [-0.3, -0.25) is 4.79 Å². The van der Waals surface area contributed by atoms with Gasteiger partial charge in [0.1, 0.15) is 6.54 Å². The molecule has 0 aliphatic heterocycles. The monoisotopic (exact) mass is 362 g/mol. The average Bonchev–Trinajstić information content (AvgIpc) is 2.59. The largest absolute Gasteiger partial charge is 0.336 e. The van der Waals surface area contributed by atoms with Crippen LogP contribution in [0.15, 0.2) is 59.5 Å². The van der Waals surface area contributed by atoms with E-state index in [1.807, 2.05) is 42.6 Å². The molecule has 1 amide bonds. The highest BCUT2D eigenvalue weighted by Crippen LogP contribution is 2.08. The smallest absolute Gasteiger partial charge is 0.280 e. The van der Waals surface area contributed by atoms with Crippen LogP contribution >= 0.6 is 0 Å². The van der Waals surface area contributed by atoms with Crippen molar-refractivity contribution in [2.24, 2.45) is 5.14 Å². The van der Waals surface area contributed by atoms with Crippen molar-refractivity contribution < 1.29 is 18.5 Å². The third kappa shape index (κ3) is 5.67. The number of hydrogen-bond donors (Lipinski definition) is 2. The highest BCUT2D eigenvalue weighted by molar-refractivity contribution is 7.89. The van der Waals surface area contributed by atoms with Crippen molar-refractivity contribution in [1.82, 2.24) is 4.90 Å². The van der Waals surface area contributed by atoms with Crippen molar-refractivity contribution >= 4 is 15.9 Å². The fraction of sp³-hybridized carbons (Fsp3) is 0.278. The maximum absolute atomic E-state index is 12.5. The van der Waals surface area contributed by atoms with Gasteiger partial charge in [-0.1, -0.05) is 42.5 Å². The third-order valence-electron chi connectivity index (χ3n) is 3.99. The first-order valence-corrected chi connectivity index (χ1v) is 9.56. The van der Waals surface area contributed by atoms with Crippen molar-refractivity contribution in [2.45, 2.75) is 31.0 Å². The van der Waals surface area contributed by atoms with E-state index < -0.39 is 10.0 Å². The zero-order valence-electron chi connectivity index (χ0n) is 14.4. The molecule has 0 saturated carbocycles. The summed E-state index contributed by atoms with van der Waals surface area (Å²) in [6.45, 7) is 3.01. The van der Waals surface area contributed by atoms with E-state index in [0.717, 1.165) is 11.1 Å². The molecular formula is C18H24N3O3S+. The van der Waals surface area contributed by atoms with Gasteiger partial charge < -0.3 is 10.2 Å². The highest BCUT2D eigenvalue weighted by Gasteiger charge is 2.20. The van der Waals surface area contributed by atoms with Crippen LogP contribution in [-0.4, -0.2) is 32.3 Å². The summed E-state index contributed by atoms with van der Waals surface area (Å²) in [5.41, 5.74) is 2.02. The second kappa shape index (κ2) is 8.24. The Labute approximate surface area is 148 Å². The van der Waals surface area contributed by atoms with E-state index in [-0.39, 0.29) is 16.8 Å². The molecule has 2 rings (SSSR count). The maximum atomic E-state index is 12.5. The number of primary sulfonamides is 1. The number of carbonyl (C=O) groups excluding carboxylic acids is 1. The maximum Gasteiger partial charge on any atom is 0.280 e. The summed E-state index contributed by atoms with van der Waals surface area (Å²) < 4.78 is 22.5. The first kappa shape index (κ1) is 19.1. The molecule has 25 heavy (non-hydrogen) atoms. The van der Waals surface area contributed by atoms with Gasteiger partial charge in [0.25, 0.3) is 5.91 Å². The second-order valence-corrected chi connectivity index (χ2v) is 7.66. The van der Waals surface area contributed by atoms with E-state index in [9.17, 15) is 13.2 Å². The normalized spacial score (nSPS) is 12.6. The third-order valence-corrected chi connectivity index (χ3v) is 4.92. The fourth-order valence-corrected chi connectivity index (χ4v) is 3.03. The lowest BCUT2D eigenvalue weighted by Crippen LogP contribution is -2.90. The van der Waals surface area contributed by atoms with Crippen molar-refractivity contribution in [3.63, 3.8) is 0 Å². The standard InChI is InChI=1S/C18H23N3O3S/c1-14(18(22)21(2)13-16-6-4-3-5-7-16)20-12-15-8-10-17(11-9-15)25(19,23)24/h3-11,14,20H,12-13H2,1-2H3,(H2,19,23,24)/p+1/t14-/m0/s1. The van der Waals surface area contributed by atoms with Gasteiger partial charge in [0.2, 0.25) is 10.0 Å². The average molecular weight is 362 g/mol. The van der Waals surface area contributed by atoms with E-state index >= 15 is 0 Å². The summed E-state index contributed by atoms with van der Waals surface area (Å²) in [6.07, 6.45) is 0. The van der Waals surface area contributed by atoms with Gasteiger partial charge in [-0.2, -0.15) is 0 Å². The Bertz CT molecular complexity index is 805. The molecule has 0 bridgehead atoms. The molecule has 0 aromatic heterocycles. The van der Waals surface area contributed by atoms with Crippen molar-refractivity contribution in [3.05, 3.63) is 65.7 Å². The summed E-state index contributed by atoms with van der Waals surface area (Å²) in [4.78, 5) is 14.2. The van der Waals surface area contributed by atoms with E-state index in [4.69, 9.17) is 5.14 Å². The summed E-state index contributed by atoms with van der Waals surface area (Å²) in [5, 5.41) is 7.01. The number of amides is 1. The first-order valence-electron chi connectivity index (χ1n) is 8.01.